The van der Waals surface area contributed by atoms with E-state index in [4.69, 9.17) is 0 Å². The van der Waals surface area contributed by atoms with Crippen molar-refractivity contribution in [3.8, 4) is 0 Å². The number of anilines is 1. The Bertz CT molecular complexity index is 905. The smallest absolute Gasteiger partial charge is 0.274 e. The molecular weight excluding hydrogens is 328 g/mol. The summed E-state index contributed by atoms with van der Waals surface area (Å²) in [7, 11) is 0. The molecule has 0 aliphatic rings. The van der Waals surface area contributed by atoms with Crippen LogP contribution in [-0.2, 0) is 4.79 Å². The van der Waals surface area contributed by atoms with Crippen LogP contribution in [0.1, 0.15) is 12.1 Å². The van der Waals surface area contributed by atoms with Gasteiger partial charge in [-0.3, -0.25) is 25.5 Å². The average molecular weight is 344 g/mol. The SMILES string of the molecule is Cc1cc(=O)n2[nH]c(SCCC(=O)NNc3ccccc3)nc2n1. The fourth-order valence-electron chi connectivity index (χ4n) is 2.00. The Hall–Kier alpha value is -2.81. The van der Waals surface area contributed by atoms with Gasteiger partial charge in [0, 0.05) is 23.9 Å². The largest absolute Gasteiger partial charge is 0.299 e. The molecule has 2 heterocycles. The van der Waals surface area contributed by atoms with Crippen molar-refractivity contribution in [2.24, 2.45) is 0 Å². The number of carbonyl (C=O) groups is 1. The second kappa shape index (κ2) is 7.18. The molecule has 9 heteroatoms. The van der Waals surface area contributed by atoms with E-state index >= 15 is 0 Å². The number of H-pyrrole nitrogens is 1. The summed E-state index contributed by atoms with van der Waals surface area (Å²) in [6.07, 6.45) is 0.308. The molecule has 3 N–H and O–H groups in total. The number of aromatic nitrogens is 4. The summed E-state index contributed by atoms with van der Waals surface area (Å²) in [5.41, 5.74) is 6.70. The van der Waals surface area contributed by atoms with Crippen LogP contribution in [0.15, 0.2) is 46.3 Å². The Morgan fingerprint density at radius 1 is 1.29 bits per heavy atom. The van der Waals surface area contributed by atoms with Crippen LogP contribution >= 0.6 is 11.8 Å². The Kier molecular flexibility index (Phi) is 4.80. The summed E-state index contributed by atoms with van der Waals surface area (Å²) < 4.78 is 1.28. The molecule has 8 nitrogen and oxygen atoms in total. The van der Waals surface area contributed by atoms with Gasteiger partial charge in [-0.25, -0.2) is 4.98 Å². The van der Waals surface area contributed by atoms with E-state index in [0.29, 0.717) is 28.8 Å². The predicted octanol–water partition coefficient (Wildman–Crippen LogP) is 1.35. The lowest BCUT2D eigenvalue weighted by Gasteiger charge is -2.07. The molecule has 0 atom stereocenters. The molecule has 3 aromatic rings. The highest BCUT2D eigenvalue weighted by Crippen LogP contribution is 2.14. The van der Waals surface area contributed by atoms with Crippen LogP contribution in [0.3, 0.4) is 0 Å². The lowest BCUT2D eigenvalue weighted by Crippen LogP contribution is -2.29. The number of rotatable bonds is 6. The van der Waals surface area contributed by atoms with Crippen LogP contribution in [0.5, 0.6) is 0 Å². The highest BCUT2D eigenvalue weighted by molar-refractivity contribution is 7.99. The zero-order valence-electron chi connectivity index (χ0n) is 12.9. The first-order chi connectivity index (χ1) is 11.6. The van der Waals surface area contributed by atoms with E-state index in [1.165, 1.54) is 22.3 Å². The minimum absolute atomic E-state index is 0.131. The van der Waals surface area contributed by atoms with Crippen molar-refractivity contribution < 1.29 is 4.79 Å². The molecule has 0 radical (unpaired) electrons. The molecular formula is C15H16N6O2S. The van der Waals surface area contributed by atoms with Crippen molar-refractivity contribution in [3.05, 3.63) is 52.4 Å². The van der Waals surface area contributed by atoms with Crippen molar-refractivity contribution in [1.82, 2.24) is 25.0 Å². The summed E-state index contributed by atoms with van der Waals surface area (Å²) in [5.74, 6) is 0.724. The Balaban J connectivity index is 1.50. The first-order valence-corrected chi connectivity index (χ1v) is 8.29. The molecule has 124 valence electrons. The molecule has 0 saturated carbocycles. The van der Waals surface area contributed by atoms with Gasteiger partial charge in [-0.2, -0.15) is 9.50 Å². The molecule has 2 aromatic heterocycles. The third-order valence-electron chi connectivity index (χ3n) is 3.13. The monoisotopic (exact) mass is 344 g/mol. The van der Waals surface area contributed by atoms with Crippen LogP contribution in [-0.4, -0.2) is 31.2 Å². The van der Waals surface area contributed by atoms with E-state index in [1.807, 2.05) is 30.3 Å². The number of aryl methyl sites for hydroxylation is 1. The molecule has 24 heavy (non-hydrogen) atoms. The third kappa shape index (κ3) is 3.93. The highest BCUT2D eigenvalue weighted by Gasteiger charge is 2.08. The van der Waals surface area contributed by atoms with Crippen LogP contribution in [0.25, 0.3) is 5.78 Å². The van der Waals surface area contributed by atoms with Crippen molar-refractivity contribution in [3.63, 3.8) is 0 Å². The molecule has 1 aromatic carbocycles. The Morgan fingerprint density at radius 3 is 2.88 bits per heavy atom. The number of nitrogens with zero attached hydrogens (tertiary/aromatic N) is 3. The standard InChI is InChI=1S/C15H16N6O2S/c1-10-9-13(23)21-14(16-10)17-15(20-21)24-8-7-12(22)19-18-11-5-3-2-4-6-11/h2-6,9,18H,7-8H2,1H3,(H,19,22)(H,16,17,20). The second-order valence-electron chi connectivity index (χ2n) is 5.04. The first-order valence-electron chi connectivity index (χ1n) is 7.31. The molecule has 0 bridgehead atoms. The van der Waals surface area contributed by atoms with Gasteiger partial charge in [-0.1, -0.05) is 30.0 Å². The number of para-hydroxylation sites is 1. The van der Waals surface area contributed by atoms with Crippen molar-refractivity contribution in [2.45, 2.75) is 18.5 Å². The Labute approximate surface area is 141 Å². The predicted molar refractivity (Wildman–Crippen MR) is 91.9 cm³/mol. The maximum atomic E-state index is 11.8. The lowest BCUT2D eigenvalue weighted by atomic mass is 10.3. The van der Waals surface area contributed by atoms with Gasteiger partial charge in [-0.15, -0.1) is 0 Å². The van der Waals surface area contributed by atoms with Gasteiger partial charge in [0.1, 0.15) is 0 Å². The summed E-state index contributed by atoms with van der Waals surface area (Å²) in [4.78, 5) is 32.0. The van der Waals surface area contributed by atoms with Gasteiger partial charge in [0.05, 0.1) is 5.69 Å². The van der Waals surface area contributed by atoms with Crippen molar-refractivity contribution >= 4 is 29.1 Å². The number of hydrogen-bond donors (Lipinski definition) is 3. The molecule has 0 aliphatic heterocycles. The molecule has 1 amide bonds. The number of thioether (sulfide) groups is 1. The lowest BCUT2D eigenvalue weighted by molar-refractivity contribution is -0.120. The molecule has 0 saturated heterocycles. The van der Waals surface area contributed by atoms with Crippen LogP contribution in [0.4, 0.5) is 5.69 Å². The fraction of sp³-hybridized carbons (Fsp3) is 0.200. The first kappa shape index (κ1) is 16.1. The van der Waals surface area contributed by atoms with E-state index in [9.17, 15) is 9.59 Å². The topological polar surface area (TPSA) is 104 Å². The number of fused-ring (bicyclic) bond motifs is 1. The number of hydrogen-bond acceptors (Lipinski definition) is 6. The Morgan fingerprint density at radius 2 is 2.08 bits per heavy atom. The van der Waals surface area contributed by atoms with Gasteiger partial charge in [0.25, 0.3) is 11.3 Å². The number of hydrazine groups is 1. The maximum absolute atomic E-state index is 11.8. The highest BCUT2D eigenvalue weighted by atomic mass is 32.2. The number of aromatic amines is 1. The van der Waals surface area contributed by atoms with Crippen molar-refractivity contribution in [1.29, 1.82) is 0 Å². The maximum Gasteiger partial charge on any atom is 0.274 e. The summed E-state index contributed by atoms with van der Waals surface area (Å²) in [6.45, 7) is 1.74. The number of benzene rings is 1. The molecule has 0 aliphatic carbocycles. The number of amides is 1. The van der Waals surface area contributed by atoms with Gasteiger partial charge in [0.2, 0.25) is 5.91 Å². The second-order valence-corrected chi connectivity index (χ2v) is 6.12. The van der Waals surface area contributed by atoms with Crippen LogP contribution < -0.4 is 16.4 Å². The average Bonchev–Trinajstić information content (AvgIpc) is 2.97. The van der Waals surface area contributed by atoms with E-state index in [0.717, 1.165) is 5.69 Å². The number of nitrogens with one attached hydrogen (secondary N) is 3. The molecule has 3 rings (SSSR count). The van der Waals surface area contributed by atoms with E-state index in [-0.39, 0.29) is 11.5 Å². The normalized spacial score (nSPS) is 10.7. The molecule has 0 unspecified atom stereocenters. The molecule has 0 spiro atoms. The van der Waals surface area contributed by atoms with Gasteiger partial charge < -0.3 is 0 Å². The van der Waals surface area contributed by atoms with E-state index < -0.39 is 0 Å². The fourth-order valence-corrected chi connectivity index (χ4v) is 2.79. The van der Waals surface area contributed by atoms with Gasteiger partial charge in [-0.05, 0) is 19.1 Å². The summed E-state index contributed by atoms with van der Waals surface area (Å²) in [6, 6.07) is 10.8. The van der Waals surface area contributed by atoms with Crippen LogP contribution in [0, 0.1) is 6.92 Å². The van der Waals surface area contributed by atoms with E-state index in [2.05, 4.69) is 25.9 Å². The van der Waals surface area contributed by atoms with Gasteiger partial charge >= 0.3 is 0 Å². The number of carbonyl (C=O) groups excluding carboxylic acids is 1. The quantitative estimate of drug-likeness (QED) is 0.461. The molecule has 0 fully saturated rings. The van der Waals surface area contributed by atoms with Gasteiger partial charge in [0.15, 0.2) is 5.16 Å². The zero-order valence-corrected chi connectivity index (χ0v) is 13.8. The van der Waals surface area contributed by atoms with Crippen LogP contribution in [0.2, 0.25) is 0 Å². The summed E-state index contributed by atoms with van der Waals surface area (Å²) >= 11 is 1.36. The van der Waals surface area contributed by atoms with Crippen molar-refractivity contribution in [2.75, 3.05) is 11.2 Å². The third-order valence-corrected chi connectivity index (χ3v) is 3.99. The minimum Gasteiger partial charge on any atom is -0.299 e. The zero-order chi connectivity index (χ0) is 16.9. The minimum atomic E-state index is -0.207. The summed E-state index contributed by atoms with van der Waals surface area (Å²) in [5, 5.41) is 3.42. The van der Waals surface area contributed by atoms with E-state index in [1.54, 1.807) is 6.92 Å².